The van der Waals surface area contributed by atoms with Crippen LogP contribution >= 0.6 is 22.6 Å². The van der Waals surface area contributed by atoms with Crippen molar-refractivity contribution in [2.45, 2.75) is 4.90 Å². The van der Waals surface area contributed by atoms with Gasteiger partial charge in [0.15, 0.2) is 11.6 Å². The molecule has 106 valence electrons. The molecule has 0 bridgehead atoms. The van der Waals surface area contributed by atoms with Gasteiger partial charge in [0, 0.05) is 25.8 Å². The van der Waals surface area contributed by atoms with Crippen LogP contribution in [0.25, 0.3) is 0 Å². The van der Waals surface area contributed by atoms with Gasteiger partial charge in [0.2, 0.25) is 0 Å². The first-order valence-electron chi connectivity index (χ1n) is 5.81. The van der Waals surface area contributed by atoms with Crippen molar-refractivity contribution in [3.8, 4) is 0 Å². The van der Waals surface area contributed by atoms with Crippen molar-refractivity contribution in [3.05, 3.63) is 62.2 Å². The second kappa shape index (κ2) is 4.72. The summed E-state index contributed by atoms with van der Waals surface area (Å²) in [6, 6.07) is 8.77. The molecule has 0 aliphatic heterocycles. The Labute approximate surface area is 133 Å². The molecule has 1 aliphatic carbocycles. The van der Waals surface area contributed by atoms with Crippen molar-refractivity contribution in [2.75, 3.05) is 0 Å². The van der Waals surface area contributed by atoms with Gasteiger partial charge in [-0.25, -0.2) is 0 Å². The fraction of sp³-hybridized carbons (Fsp3) is 0. The Kier molecular flexibility index (Phi) is 3.23. The molecule has 2 aromatic carbocycles. The maximum atomic E-state index is 12.5. The van der Waals surface area contributed by atoms with Gasteiger partial charge in [-0.15, -0.1) is 0 Å². The molecule has 0 saturated heterocycles. The Bertz CT molecular complexity index is 915. The lowest BCUT2D eigenvalue weighted by molar-refractivity contribution is 0.0978. The number of hydrogen-bond acceptors (Lipinski definition) is 4. The van der Waals surface area contributed by atoms with E-state index < -0.39 is 15.9 Å². The quantitative estimate of drug-likeness (QED) is 0.488. The number of hydrogen-bond donors (Lipinski definition) is 1. The predicted molar refractivity (Wildman–Crippen MR) is 82.3 cm³/mol. The summed E-state index contributed by atoms with van der Waals surface area (Å²) < 4.78 is 31.9. The van der Waals surface area contributed by atoms with Gasteiger partial charge < -0.3 is 0 Å². The van der Waals surface area contributed by atoms with Crippen LogP contribution < -0.4 is 0 Å². The van der Waals surface area contributed by atoms with Crippen LogP contribution in [-0.2, 0) is 10.1 Å². The maximum absolute atomic E-state index is 12.5. The van der Waals surface area contributed by atoms with Gasteiger partial charge in [-0.3, -0.25) is 14.1 Å². The number of carbonyl (C=O) groups excluding carboxylic acids is 2. The largest absolute Gasteiger partial charge is 0.295 e. The molecule has 1 aliphatic rings. The van der Waals surface area contributed by atoms with Crippen LogP contribution in [0.4, 0.5) is 0 Å². The number of fused-ring (bicyclic) bond motifs is 2. The molecule has 0 unspecified atom stereocenters. The number of rotatable bonds is 1. The number of ketones is 2. The first-order valence-corrected chi connectivity index (χ1v) is 8.32. The van der Waals surface area contributed by atoms with E-state index in [0.29, 0.717) is 5.56 Å². The second-order valence-corrected chi connectivity index (χ2v) is 6.95. The van der Waals surface area contributed by atoms with Crippen molar-refractivity contribution in [3.63, 3.8) is 0 Å². The van der Waals surface area contributed by atoms with Crippen molar-refractivity contribution in [1.29, 1.82) is 0 Å². The average molecular weight is 414 g/mol. The summed E-state index contributed by atoms with van der Waals surface area (Å²) in [5.41, 5.74) is 0.704. The highest BCUT2D eigenvalue weighted by Gasteiger charge is 2.33. The monoisotopic (exact) mass is 414 g/mol. The van der Waals surface area contributed by atoms with E-state index in [-0.39, 0.29) is 30.9 Å². The molecule has 0 radical (unpaired) electrons. The smallest absolute Gasteiger partial charge is 0.289 e. The molecular weight excluding hydrogens is 407 g/mol. The van der Waals surface area contributed by atoms with E-state index in [1.807, 2.05) is 0 Å². The minimum Gasteiger partial charge on any atom is -0.289 e. The van der Waals surface area contributed by atoms with Crippen LogP contribution in [0.1, 0.15) is 31.8 Å². The summed E-state index contributed by atoms with van der Waals surface area (Å²) in [5.74, 6) is -0.755. The summed E-state index contributed by atoms with van der Waals surface area (Å²) in [6.07, 6.45) is 0. The van der Waals surface area contributed by atoms with Crippen LogP contribution in [0.15, 0.2) is 41.3 Å². The third-order valence-electron chi connectivity index (χ3n) is 3.27. The molecule has 2 aromatic rings. The molecule has 21 heavy (non-hydrogen) atoms. The zero-order valence-electron chi connectivity index (χ0n) is 10.3. The fourth-order valence-corrected chi connectivity index (χ4v) is 4.44. The zero-order valence-corrected chi connectivity index (χ0v) is 13.3. The molecule has 0 fully saturated rings. The summed E-state index contributed by atoms with van der Waals surface area (Å²) in [4.78, 5) is 24.5. The minimum atomic E-state index is -4.46. The van der Waals surface area contributed by atoms with Crippen LogP contribution in [-0.4, -0.2) is 24.5 Å². The normalized spacial score (nSPS) is 13.8. The van der Waals surface area contributed by atoms with Crippen LogP contribution in [0.5, 0.6) is 0 Å². The van der Waals surface area contributed by atoms with Crippen molar-refractivity contribution in [1.82, 2.24) is 0 Å². The number of halogens is 1. The van der Waals surface area contributed by atoms with E-state index in [1.165, 1.54) is 12.1 Å². The van der Waals surface area contributed by atoms with E-state index in [2.05, 4.69) is 0 Å². The molecule has 1 N–H and O–H groups in total. The molecule has 0 spiro atoms. The molecular formula is C14H7IO5S. The van der Waals surface area contributed by atoms with E-state index in [0.717, 1.165) is 6.07 Å². The van der Waals surface area contributed by atoms with Crippen LogP contribution in [0, 0.1) is 3.57 Å². The second-order valence-electron chi connectivity index (χ2n) is 4.48. The van der Waals surface area contributed by atoms with Gasteiger partial charge in [-0.05, 0) is 34.7 Å². The molecule has 3 rings (SSSR count). The van der Waals surface area contributed by atoms with Crippen molar-refractivity contribution in [2.24, 2.45) is 0 Å². The Morgan fingerprint density at radius 2 is 1.43 bits per heavy atom. The SMILES string of the molecule is O=C1c2ccccc2C(=O)c2c1ccc(S(=O)(=O)O)c2I. The number of carbonyl (C=O) groups is 2. The third-order valence-corrected chi connectivity index (χ3v) is 5.65. The lowest BCUT2D eigenvalue weighted by atomic mass is 9.84. The number of benzene rings is 2. The van der Waals surface area contributed by atoms with E-state index in [1.54, 1.807) is 40.8 Å². The molecule has 5 nitrogen and oxygen atoms in total. The standard InChI is InChI=1S/C14H7IO5S/c15-12-10(21(18,19)20)6-5-9-11(12)14(17)8-4-2-1-3-7(8)13(9)16/h1-6H,(H,18,19,20). The first-order chi connectivity index (χ1) is 9.82. The predicted octanol–water partition coefficient (Wildman–Crippen LogP) is 2.31. The van der Waals surface area contributed by atoms with Gasteiger partial charge >= 0.3 is 0 Å². The molecule has 7 heteroatoms. The Balaban J connectivity index is 2.37. The molecule has 0 amide bonds. The summed E-state index contributed by atoms with van der Waals surface area (Å²) >= 11 is 1.66. The third kappa shape index (κ3) is 2.12. The highest BCUT2D eigenvalue weighted by molar-refractivity contribution is 14.1. The topological polar surface area (TPSA) is 88.5 Å². The maximum Gasteiger partial charge on any atom is 0.295 e. The van der Waals surface area contributed by atoms with E-state index in [9.17, 15) is 22.6 Å². The van der Waals surface area contributed by atoms with Crippen LogP contribution in [0.3, 0.4) is 0 Å². The molecule has 0 aromatic heterocycles. The van der Waals surface area contributed by atoms with Gasteiger partial charge in [-0.2, -0.15) is 8.42 Å². The summed E-state index contributed by atoms with van der Waals surface area (Å²) in [7, 11) is -4.46. The van der Waals surface area contributed by atoms with Crippen molar-refractivity contribution < 1.29 is 22.6 Å². The van der Waals surface area contributed by atoms with Gasteiger partial charge in [-0.1, -0.05) is 24.3 Å². The Morgan fingerprint density at radius 3 is 2.00 bits per heavy atom. The zero-order chi connectivity index (χ0) is 15.4. The lowest BCUT2D eigenvalue weighted by Crippen LogP contribution is -2.23. The summed E-state index contributed by atoms with van der Waals surface area (Å²) in [6.45, 7) is 0. The highest BCUT2D eigenvalue weighted by Crippen LogP contribution is 2.33. The van der Waals surface area contributed by atoms with E-state index in [4.69, 9.17) is 0 Å². The average Bonchev–Trinajstić information content (AvgIpc) is 2.43. The molecule has 0 saturated carbocycles. The highest BCUT2D eigenvalue weighted by atomic mass is 127. The fourth-order valence-electron chi connectivity index (χ4n) is 2.33. The lowest BCUT2D eigenvalue weighted by Gasteiger charge is -2.19. The first kappa shape index (κ1) is 14.4. The Morgan fingerprint density at radius 1 is 0.857 bits per heavy atom. The van der Waals surface area contributed by atoms with Crippen molar-refractivity contribution >= 4 is 44.3 Å². The Hall–Kier alpha value is -1.58. The summed E-state index contributed by atoms with van der Waals surface area (Å²) in [5, 5.41) is 0. The van der Waals surface area contributed by atoms with Crippen LogP contribution in [0.2, 0.25) is 0 Å². The van der Waals surface area contributed by atoms with Gasteiger partial charge in [0.1, 0.15) is 4.90 Å². The van der Waals surface area contributed by atoms with E-state index >= 15 is 0 Å². The minimum absolute atomic E-state index is 0.0226. The molecule has 0 heterocycles. The van der Waals surface area contributed by atoms with Gasteiger partial charge in [0.25, 0.3) is 10.1 Å². The van der Waals surface area contributed by atoms with Gasteiger partial charge in [0.05, 0.1) is 0 Å². The molecule has 0 atom stereocenters.